The van der Waals surface area contributed by atoms with E-state index in [1.165, 1.54) is 0 Å². The minimum atomic E-state index is 0. The van der Waals surface area contributed by atoms with Crippen molar-refractivity contribution in [2.75, 3.05) is 0 Å². The Labute approximate surface area is 102 Å². The van der Waals surface area contributed by atoms with Gasteiger partial charge in [-0.1, -0.05) is 0 Å². The van der Waals surface area contributed by atoms with Gasteiger partial charge in [0.2, 0.25) is 0 Å². The second-order valence-electron chi connectivity index (χ2n) is 0. The molecule has 0 aromatic carbocycles. The molecule has 0 atom stereocenters. The molecule has 0 heterocycles. The molecule has 0 nitrogen and oxygen atoms in total. The fourth-order valence-electron chi connectivity index (χ4n) is 0. The van der Waals surface area contributed by atoms with Crippen LogP contribution >= 0.6 is 0 Å². The molecule has 0 bridgehead atoms. The fourth-order valence-corrected chi connectivity index (χ4v) is 0. The first-order chi connectivity index (χ1) is 0. The van der Waals surface area contributed by atoms with E-state index in [4.69, 9.17) is 0 Å². The number of hydrogen-bond donors (Lipinski definition) is 0. The summed E-state index contributed by atoms with van der Waals surface area (Å²) in [6.07, 6.45) is 0. The average molecular weight is 270 g/mol. The van der Waals surface area contributed by atoms with Gasteiger partial charge in [0.05, 0.1) is 0 Å². The van der Waals surface area contributed by atoms with Crippen LogP contribution in [0.4, 0.5) is 0 Å². The van der Waals surface area contributed by atoms with Gasteiger partial charge in [0, 0.05) is 104 Å². The van der Waals surface area contributed by atoms with Gasteiger partial charge in [-0.2, -0.15) is 0 Å². The van der Waals surface area contributed by atoms with Crippen LogP contribution in [0.3, 0.4) is 0 Å². The van der Waals surface area contributed by atoms with Crippen LogP contribution < -0.4 is 0 Å². The Bertz CT molecular complexity index is 15.5. The van der Waals surface area contributed by atoms with Crippen LogP contribution in [-0.2, 0) is 67.4 Å². The molecular formula is AlCoCuLiMnNi. The molecule has 0 aromatic rings. The largest absolute Gasteiger partial charge is 0 e. The van der Waals surface area contributed by atoms with Gasteiger partial charge < -0.3 is 0 Å². The molecule has 0 unspecified atom stereocenters. The van der Waals surface area contributed by atoms with Crippen molar-refractivity contribution < 1.29 is 67.4 Å². The molecule has 0 aliphatic heterocycles. The summed E-state index contributed by atoms with van der Waals surface area (Å²) in [5, 5.41) is 0. The van der Waals surface area contributed by atoms with Gasteiger partial charge in [0.25, 0.3) is 0 Å². The molecule has 0 saturated carbocycles. The van der Waals surface area contributed by atoms with E-state index >= 15 is 0 Å². The third-order valence-corrected chi connectivity index (χ3v) is 0. The summed E-state index contributed by atoms with van der Waals surface area (Å²) in [6.45, 7) is 0. The van der Waals surface area contributed by atoms with Crippen LogP contribution in [0.15, 0.2) is 0 Å². The maximum Gasteiger partial charge on any atom is 0 e. The van der Waals surface area contributed by atoms with Crippen LogP contribution in [0.1, 0.15) is 0 Å². The van der Waals surface area contributed by atoms with E-state index in [0.29, 0.717) is 0 Å². The summed E-state index contributed by atoms with van der Waals surface area (Å²) in [7, 11) is 0. The third-order valence-electron chi connectivity index (χ3n) is 0. The van der Waals surface area contributed by atoms with E-state index in [9.17, 15) is 0 Å². The molecule has 6 heteroatoms. The molecule has 0 aliphatic carbocycles. The monoisotopic (exact) mass is 269 g/mol. The van der Waals surface area contributed by atoms with Crippen LogP contribution in [0.2, 0.25) is 0 Å². The maximum atomic E-state index is 0. The van der Waals surface area contributed by atoms with E-state index < -0.39 is 0 Å². The van der Waals surface area contributed by atoms with Crippen molar-refractivity contribution in [3.8, 4) is 0 Å². The van der Waals surface area contributed by atoms with Gasteiger partial charge in [-0.05, 0) is 0 Å². The summed E-state index contributed by atoms with van der Waals surface area (Å²) >= 11 is 0. The fraction of sp³-hybridized carbons (Fsp3) is 0. The average Bonchev–Trinajstić information content (AvgIpc) is 0. The number of hydrogen-bond acceptors (Lipinski definition) is 0. The van der Waals surface area contributed by atoms with Crippen LogP contribution in [0, 0.1) is 0 Å². The van der Waals surface area contributed by atoms with Gasteiger partial charge >= 0.3 is 0 Å². The molecular weight excluding hydrogens is 270 g/mol. The zero-order chi connectivity index (χ0) is 0. The Hall–Kier alpha value is 3.17. The minimum absolute atomic E-state index is 0. The summed E-state index contributed by atoms with van der Waals surface area (Å²) in [5.74, 6) is 0. The Balaban J connectivity index is 0. The normalized spacial score (nSPS) is 0. The van der Waals surface area contributed by atoms with Gasteiger partial charge in [-0.15, -0.1) is 0 Å². The smallest absolute Gasteiger partial charge is 0 e. The van der Waals surface area contributed by atoms with Gasteiger partial charge in [0.1, 0.15) is 0 Å². The first kappa shape index (κ1) is 60.9. The molecule has 6 heavy (non-hydrogen) atoms. The Morgan fingerprint density at radius 3 is 1.00 bits per heavy atom. The molecule has 0 rings (SSSR count). The summed E-state index contributed by atoms with van der Waals surface area (Å²) < 4.78 is 0. The van der Waals surface area contributed by atoms with Crippen molar-refractivity contribution in [3.05, 3.63) is 0 Å². The molecule has 0 fully saturated rings. The Morgan fingerprint density at radius 2 is 1.00 bits per heavy atom. The molecule has 0 aliphatic rings. The van der Waals surface area contributed by atoms with E-state index in [1.54, 1.807) is 0 Å². The third kappa shape index (κ3) is 27.2. The van der Waals surface area contributed by atoms with E-state index in [1.807, 2.05) is 0 Å². The first-order valence-electron chi connectivity index (χ1n) is 0. The predicted molar refractivity (Wildman–Crippen MR) is 11.5 cm³/mol. The van der Waals surface area contributed by atoms with E-state index in [-0.39, 0.29) is 104 Å². The van der Waals surface area contributed by atoms with Crippen molar-refractivity contribution >= 4 is 36.2 Å². The second kappa shape index (κ2) is 41.8. The van der Waals surface area contributed by atoms with Crippen molar-refractivity contribution in [3.63, 3.8) is 0 Å². The molecule has 0 amide bonds. The summed E-state index contributed by atoms with van der Waals surface area (Å²) in [6, 6.07) is 0. The van der Waals surface area contributed by atoms with E-state index in [0.717, 1.165) is 0 Å². The molecule has 41 valence electrons. The second-order valence-corrected chi connectivity index (χ2v) is 0. The van der Waals surface area contributed by atoms with Crippen LogP contribution in [0.25, 0.3) is 0 Å². The quantitative estimate of drug-likeness (QED) is 0.507. The molecule has 0 spiro atoms. The van der Waals surface area contributed by atoms with Gasteiger partial charge in [0.15, 0.2) is 0 Å². The van der Waals surface area contributed by atoms with E-state index in [2.05, 4.69) is 0 Å². The van der Waals surface area contributed by atoms with Crippen molar-refractivity contribution in [1.82, 2.24) is 0 Å². The van der Waals surface area contributed by atoms with Gasteiger partial charge in [-0.25, -0.2) is 0 Å². The Morgan fingerprint density at radius 1 is 1.00 bits per heavy atom. The Kier molecular flexibility index (Phi) is 425. The SMILES string of the molecule is [Al].[Co].[Cu].[Li].[Mn].[Ni]. The van der Waals surface area contributed by atoms with Gasteiger partial charge in [-0.3, -0.25) is 0 Å². The predicted octanol–water partition coefficient (Wildman–Crippen LogP) is -0.772. The zero-order valence-corrected chi connectivity index (χ0v) is 8.21. The summed E-state index contributed by atoms with van der Waals surface area (Å²) in [4.78, 5) is 0. The molecule has 0 N–H and O–H groups in total. The van der Waals surface area contributed by atoms with Crippen molar-refractivity contribution in [2.24, 2.45) is 0 Å². The standard InChI is InChI=1S/Al.Co.Cu.Li.Mn.Ni. The zero-order valence-electron chi connectivity index (χ0n) is 2.91. The first-order valence-corrected chi connectivity index (χ1v) is 0. The van der Waals surface area contributed by atoms with Crippen LogP contribution in [-0.4, -0.2) is 36.2 Å². The summed E-state index contributed by atoms with van der Waals surface area (Å²) in [5.41, 5.74) is 0. The number of rotatable bonds is 0. The molecule has 7 radical (unpaired) electrons. The minimum Gasteiger partial charge on any atom is 0 e. The molecule has 0 aromatic heterocycles. The van der Waals surface area contributed by atoms with Crippen molar-refractivity contribution in [1.29, 1.82) is 0 Å². The van der Waals surface area contributed by atoms with Crippen molar-refractivity contribution in [2.45, 2.75) is 0 Å². The topological polar surface area (TPSA) is 0 Å². The maximum absolute atomic E-state index is 0. The van der Waals surface area contributed by atoms with Crippen LogP contribution in [0.5, 0.6) is 0 Å². The molecule has 0 saturated heterocycles.